The summed E-state index contributed by atoms with van der Waals surface area (Å²) in [6.45, 7) is 2.22. The van der Waals surface area contributed by atoms with E-state index < -0.39 is 0 Å². The van der Waals surface area contributed by atoms with Gasteiger partial charge in [0.05, 0.1) is 20.6 Å². The van der Waals surface area contributed by atoms with Crippen LogP contribution in [-0.2, 0) is 17.8 Å². The van der Waals surface area contributed by atoms with Crippen LogP contribution in [0.4, 0.5) is 0 Å². The molecule has 3 aromatic rings. The van der Waals surface area contributed by atoms with Crippen LogP contribution < -0.4 is 14.8 Å². The second-order valence-corrected chi connectivity index (χ2v) is 5.68. The van der Waals surface area contributed by atoms with Crippen LogP contribution in [0, 0.1) is 6.92 Å². The monoisotopic (exact) mass is 340 g/mol. The average Bonchev–Trinajstić information content (AvgIpc) is 2.99. The highest BCUT2D eigenvalue weighted by molar-refractivity contribution is 5.81. The SMILES string of the molecule is COc1ccc(CNC(=O)Cc2ccc3oc(C)nc3c2)cc1OC. The predicted octanol–water partition coefficient (Wildman–Crippen LogP) is 3.01. The zero-order chi connectivity index (χ0) is 17.8. The number of nitrogens with one attached hydrogen (secondary N) is 1. The number of nitrogens with zero attached hydrogens (tertiary/aromatic N) is 1. The lowest BCUT2D eigenvalue weighted by molar-refractivity contribution is -0.120. The lowest BCUT2D eigenvalue weighted by Gasteiger charge is -2.10. The third-order valence-corrected chi connectivity index (χ3v) is 3.86. The largest absolute Gasteiger partial charge is 0.493 e. The van der Waals surface area contributed by atoms with E-state index in [9.17, 15) is 4.79 Å². The molecular weight excluding hydrogens is 320 g/mol. The van der Waals surface area contributed by atoms with Gasteiger partial charge in [-0.3, -0.25) is 4.79 Å². The van der Waals surface area contributed by atoms with Crippen molar-refractivity contribution in [2.24, 2.45) is 0 Å². The number of aromatic nitrogens is 1. The molecule has 25 heavy (non-hydrogen) atoms. The van der Waals surface area contributed by atoms with Gasteiger partial charge in [0, 0.05) is 13.5 Å². The molecule has 2 aromatic carbocycles. The number of benzene rings is 2. The molecule has 130 valence electrons. The number of carbonyl (C=O) groups is 1. The summed E-state index contributed by atoms with van der Waals surface area (Å²) in [4.78, 5) is 16.5. The molecule has 0 aliphatic heterocycles. The first kappa shape index (κ1) is 16.8. The molecule has 1 heterocycles. The minimum absolute atomic E-state index is 0.0608. The van der Waals surface area contributed by atoms with Crippen molar-refractivity contribution < 1.29 is 18.7 Å². The summed E-state index contributed by atoms with van der Waals surface area (Å²) >= 11 is 0. The minimum Gasteiger partial charge on any atom is -0.493 e. The first-order chi connectivity index (χ1) is 12.1. The van der Waals surface area contributed by atoms with E-state index in [2.05, 4.69) is 10.3 Å². The van der Waals surface area contributed by atoms with E-state index >= 15 is 0 Å². The maximum Gasteiger partial charge on any atom is 0.224 e. The van der Waals surface area contributed by atoms with Crippen LogP contribution in [-0.4, -0.2) is 25.1 Å². The van der Waals surface area contributed by atoms with Gasteiger partial charge in [-0.2, -0.15) is 0 Å². The molecule has 0 saturated heterocycles. The number of amides is 1. The topological polar surface area (TPSA) is 73.6 Å². The maximum atomic E-state index is 12.2. The standard InChI is InChI=1S/C19H20N2O4/c1-12-21-15-8-13(4-6-16(15)25-12)10-19(22)20-11-14-5-7-17(23-2)18(9-14)24-3/h4-9H,10-11H2,1-3H3,(H,20,22). The molecule has 0 aliphatic rings. The van der Waals surface area contributed by atoms with E-state index in [1.54, 1.807) is 21.1 Å². The fourth-order valence-electron chi connectivity index (χ4n) is 2.64. The first-order valence-corrected chi connectivity index (χ1v) is 7.92. The molecule has 6 nitrogen and oxygen atoms in total. The quantitative estimate of drug-likeness (QED) is 0.747. The first-order valence-electron chi connectivity index (χ1n) is 7.92. The second kappa shape index (κ2) is 7.25. The highest BCUT2D eigenvalue weighted by Crippen LogP contribution is 2.27. The van der Waals surface area contributed by atoms with Gasteiger partial charge in [0.25, 0.3) is 0 Å². The Morgan fingerprint density at radius 2 is 1.84 bits per heavy atom. The Labute approximate surface area is 145 Å². The van der Waals surface area contributed by atoms with Crippen LogP contribution in [0.25, 0.3) is 11.1 Å². The highest BCUT2D eigenvalue weighted by atomic mass is 16.5. The van der Waals surface area contributed by atoms with Crippen molar-refractivity contribution in [2.45, 2.75) is 19.9 Å². The highest BCUT2D eigenvalue weighted by Gasteiger charge is 2.09. The van der Waals surface area contributed by atoms with E-state index in [0.717, 1.165) is 22.2 Å². The van der Waals surface area contributed by atoms with Crippen molar-refractivity contribution >= 4 is 17.0 Å². The maximum absolute atomic E-state index is 12.2. The number of aryl methyl sites for hydroxylation is 1. The Kier molecular flexibility index (Phi) is 4.88. The third-order valence-electron chi connectivity index (χ3n) is 3.86. The molecule has 1 amide bonds. The molecule has 6 heteroatoms. The molecule has 0 atom stereocenters. The van der Waals surface area contributed by atoms with Gasteiger partial charge < -0.3 is 19.2 Å². The molecule has 0 aliphatic carbocycles. The van der Waals surface area contributed by atoms with Gasteiger partial charge in [-0.05, 0) is 35.4 Å². The lowest BCUT2D eigenvalue weighted by atomic mass is 10.1. The molecule has 0 radical (unpaired) electrons. The van der Waals surface area contributed by atoms with E-state index in [4.69, 9.17) is 13.9 Å². The Bertz CT molecular complexity index is 902. The van der Waals surface area contributed by atoms with Crippen molar-refractivity contribution in [1.82, 2.24) is 10.3 Å². The number of methoxy groups -OCH3 is 2. The van der Waals surface area contributed by atoms with Crippen LogP contribution in [0.3, 0.4) is 0 Å². The van der Waals surface area contributed by atoms with Crippen LogP contribution >= 0.6 is 0 Å². The molecule has 1 aromatic heterocycles. The molecule has 0 fully saturated rings. The van der Waals surface area contributed by atoms with E-state index in [0.29, 0.717) is 23.9 Å². The summed E-state index contributed by atoms with van der Waals surface area (Å²) < 4.78 is 15.9. The third kappa shape index (κ3) is 3.91. The Morgan fingerprint density at radius 1 is 1.08 bits per heavy atom. The molecule has 0 bridgehead atoms. The lowest BCUT2D eigenvalue weighted by Crippen LogP contribution is -2.24. The number of rotatable bonds is 6. The van der Waals surface area contributed by atoms with Gasteiger partial charge in [-0.25, -0.2) is 4.98 Å². The van der Waals surface area contributed by atoms with Crippen molar-refractivity contribution in [3.05, 3.63) is 53.4 Å². The van der Waals surface area contributed by atoms with Crippen molar-refractivity contribution in [2.75, 3.05) is 14.2 Å². The summed E-state index contributed by atoms with van der Waals surface area (Å²) in [5, 5.41) is 2.91. The van der Waals surface area contributed by atoms with E-state index in [1.807, 2.05) is 36.4 Å². The van der Waals surface area contributed by atoms with Crippen LogP contribution in [0.2, 0.25) is 0 Å². The summed E-state index contributed by atoms with van der Waals surface area (Å²) in [5.41, 5.74) is 3.33. The van der Waals surface area contributed by atoms with Crippen LogP contribution in [0.15, 0.2) is 40.8 Å². The van der Waals surface area contributed by atoms with Crippen LogP contribution in [0.5, 0.6) is 11.5 Å². The number of oxazole rings is 1. The fraction of sp³-hybridized carbons (Fsp3) is 0.263. The molecule has 0 saturated carbocycles. The Morgan fingerprint density at radius 3 is 2.60 bits per heavy atom. The Balaban J connectivity index is 1.62. The number of fused-ring (bicyclic) bond motifs is 1. The summed E-state index contributed by atoms with van der Waals surface area (Å²) in [7, 11) is 3.18. The van der Waals surface area contributed by atoms with Crippen molar-refractivity contribution in [3.8, 4) is 11.5 Å². The second-order valence-electron chi connectivity index (χ2n) is 5.68. The molecule has 0 spiro atoms. The number of hydrogen-bond acceptors (Lipinski definition) is 5. The van der Waals surface area contributed by atoms with Gasteiger partial charge in [-0.1, -0.05) is 12.1 Å². The molecule has 0 unspecified atom stereocenters. The fourth-order valence-corrected chi connectivity index (χ4v) is 2.64. The minimum atomic E-state index is -0.0608. The van der Waals surface area contributed by atoms with E-state index in [-0.39, 0.29) is 12.3 Å². The number of carbonyl (C=O) groups excluding carboxylic acids is 1. The predicted molar refractivity (Wildman–Crippen MR) is 93.8 cm³/mol. The summed E-state index contributed by atoms with van der Waals surface area (Å²) in [6.07, 6.45) is 0.287. The molecule has 3 rings (SSSR count). The molecule has 1 N–H and O–H groups in total. The zero-order valence-electron chi connectivity index (χ0n) is 14.5. The van der Waals surface area contributed by atoms with Crippen molar-refractivity contribution in [1.29, 1.82) is 0 Å². The normalized spacial score (nSPS) is 10.7. The average molecular weight is 340 g/mol. The van der Waals surface area contributed by atoms with Crippen LogP contribution in [0.1, 0.15) is 17.0 Å². The zero-order valence-corrected chi connectivity index (χ0v) is 14.5. The summed E-state index contributed by atoms with van der Waals surface area (Å²) in [6, 6.07) is 11.2. The van der Waals surface area contributed by atoms with Crippen molar-refractivity contribution in [3.63, 3.8) is 0 Å². The Hall–Kier alpha value is -3.02. The van der Waals surface area contributed by atoms with Gasteiger partial charge >= 0.3 is 0 Å². The van der Waals surface area contributed by atoms with Gasteiger partial charge in [-0.15, -0.1) is 0 Å². The molecular formula is C19H20N2O4. The smallest absolute Gasteiger partial charge is 0.224 e. The van der Waals surface area contributed by atoms with E-state index in [1.165, 1.54) is 0 Å². The summed E-state index contributed by atoms with van der Waals surface area (Å²) in [5.74, 6) is 1.86. The van der Waals surface area contributed by atoms with Gasteiger partial charge in [0.2, 0.25) is 5.91 Å². The number of hydrogen-bond donors (Lipinski definition) is 1. The van der Waals surface area contributed by atoms with Gasteiger partial charge in [0.1, 0.15) is 5.52 Å². The number of ether oxygens (including phenoxy) is 2. The van der Waals surface area contributed by atoms with Gasteiger partial charge in [0.15, 0.2) is 23.0 Å².